The summed E-state index contributed by atoms with van der Waals surface area (Å²) < 4.78 is 32.7. The highest BCUT2D eigenvalue weighted by Crippen LogP contribution is 2.43. The Balaban J connectivity index is 4.07. The molecule has 0 saturated heterocycles. The van der Waals surface area contributed by atoms with E-state index >= 15 is 0 Å². The summed E-state index contributed by atoms with van der Waals surface area (Å²) in [6.07, 6.45) is 38.1. The molecular formula is C44H87O10P. The van der Waals surface area contributed by atoms with Crippen molar-refractivity contribution < 1.29 is 47.8 Å². The zero-order valence-corrected chi connectivity index (χ0v) is 36.6. The van der Waals surface area contributed by atoms with Gasteiger partial charge in [0, 0.05) is 12.8 Å². The van der Waals surface area contributed by atoms with Crippen LogP contribution in [0.15, 0.2) is 0 Å². The molecule has 0 aromatic carbocycles. The van der Waals surface area contributed by atoms with Gasteiger partial charge in [0.25, 0.3) is 0 Å². The number of aliphatic hydroxyl groups excluding tert-OH is 2. The zero-order valence-electron chi connectivity index (χ0n) is 35.7. The molecule has 3 atom stereocenters. The number of esters is 2. The van der Waals surface area contributed by atoms with Gasteiger partial charge in [0.1, 0.15) is 12.7 Å². The number of ether oxygens (including phenoxy) is 2. The Hall–Kier alpha value is -1.03. The lowest BCUT2D eigenvalue weighted by atomic mass is 10.0. The fraction of sp³-hybridized carbons (Fsp3) is 0.955. The lowest BCUT2D eigenvalue weighted by Crippen LogP contribution is -2.29. The first kappa shape index (κ1) is 54.0. The third kappa shape index (κ3) is 40.9. The Morgan fingerprint density at radius 1 is 0.473 bits per heavy atom. The number of hydrogen-bond donors (Lipinski definition) is 3. The smallest absolute Gasteiger partial charge is 0.462 e. The quantitative estimate of drug-likeness (QED) is 0.0308. The Kier molecular flexibility index (Phi) is 40.4. The van der Waals surface area contributed by atoms with Gasteiger partial charge in [0.2, 0.25) is 0 Å². The van der Waals surface area contributed by atoms with Crippen molar-refractivity contribution in [1.82, 2.24) is 0 Å². The largest absolute Gasteiger partial charge is 0.472 e. The molecule has 0 spiro atoms. The lowest BCUT2D eigenvalue weighted by molar-refractivity contribution is -0.161. The highest BCUT2D eigenvalue weighted by Gasteiger charge is 2.27. The molecule has 0 aliphatic rings. The van der Waals surface area contributed by atoms with E-state index in [0.29, 0.717) is 12.8 Å². The van der Waals surface area contributed by atoms with Crippen LogP contribution in [0.25, 0.3) is 0 Å². The third-order valence-electron chi connectivity index (χ3n) is 10.3. The van der Waals surface area contributed by atoms with E-state index < -0.39 is 51.8 Å². The number of rotatable bonds is 44. The second kappa shape index (κ2) is 41.1. The van der Waals surface area contributed by atoms with Crippen molar-refractivity contribution in [2.24, 2.45) is 0 Å². The fourth-order valence-electron chi connectivity index (χ4n) is 6.70. The van der Waals surface area contributed by atoms with Crippen LogP contribution in [-0.2, 0) is 32.7 Å². The molecule has 11 heteroatoms. The molecule has 3 N–H and O–H groups in total. The van der Waals surface area contributed by atoms with E-state index in [4.69, 9.17) is 19.1 Å². The first-order chi connectivity index (χ1) is 26.7. The SMILES string of the molecule is CCCCCCCCCCCCCCCCCCCCCCCCCC(=O)OC(COC(=O)CCCCCCCCCCC)COP(=O)(O)OCC(O)CO. The van der Waals surface area contributed by atoms with Crippen molar-refractivity contribution in [2.75, 3.05) is 26.4 Å². The summed E-state index contributed by atoms with van der Waals surface area (Å²) in [5.74, 6) is -0.912. The molecule has 0 aliphatic heterocycles. The van der Waals surface area contributed by atoms with Crippen molar-refractivity contribution in [1.29, 1.82) is 0 Å². The van der Waals surface area contributed by atoms with Gasteiger partial charge in [-0.1, -0.05) is 206 Å². The van der Waals surface area contributed by atoms with Crippen LogP contribution in [0, 0.1) is 0 Å². The van der Waals surface area contributed by atoms with E-state index in [1.165, 1.54) is 154 Å². The van der Waals surface area contributed by atoms with E-state index in [9.17, 15) is 24.2 Å². The predicted octanol–water partition coefficient (Wildman–Crippen LogP) is 12.2. The molecule has 0 amide bonds. The molecule has 0 radical (unpaired) electrons. The predicted molar refractivity (Wildman–Crippen MR) is 224 cm³/mol. The van der Waals surface area contributed by atoms with Gasteiger partial charge in [0.05, 0.1) is 19.8 Å². The normalized spacial score (nSPS) is 13.8. The van der Waals surface area contributed by atoms with Gasteiger partial charge >= 0.3 is 19.8 Å². The van der Waals surface area contributed by atoms with Crippen LogP contribution in [-0.4, -0.2) is 65.7 Å². The van der Waals surface area contributed by atoms with E-state index in [2.05, 4.69) is 18.4 Å². The number of unbranched alkanes of at least 4 members (excludes halogenated alkanes) is 30. The number of carbonyl (C=O) groups excluding carboxylic acids is 2. The molecular weight excluding hydrogens is 719 g/mol. The molecule has 0 bridgehead atoms. The minimum absolute atomic E-state index is 0.193. The van der Waals surface area contributed by atoms with Crippen LogP contribution in [0.4, 0.5) is 0 Å². The van der Waals surface area contributed by atoms with Crippen LogP contribution in [0.3, 0.4) is 0 Å². The maximum Gasteiger partial charge on any atom is 0.472 e. The molecule has 0 aromatic heterocycles. The highest BCUT2D eigenvalue weighted by atomic mass is 31.2. The van der Waals surface area contributed by atoms with Crippen LogP contribution in [0.5, 0.6) is 0 Å². The summed E-state index contributed by atoms with van der Waals surface area (Å²) >= 11 is 0. The van der Waals surface area contributed by atoms with Crippen molar-refractivity contribution in [3.63, 3.8) is 0 Å². The molecule has 3 unspecified atom stereocenters. The number of aliphatic hydroxyl groups is 2. The molecule has 328 valence electrons. The van der Waals surface area contributed by atoms with E-state index in [1.807, 2.05) is 0 Å². The van der Waals surface area contributed by atoms with Gasteiger partial charge in [-0.15, -0.1) is 0 Å². The maximum atomic E-state index is 12.6. The molecule has 10 nitrogen and oxygen atoms in total. The number of carbonyl (C=O) groups is 2. The van der Waals surface area contributed by atoms with Crippen LogP contribution in [0.1, 0.15) is 232 Å². The first-order valence-corrected chi connectivity index (χ1v) is 24.5. The van der Waals surface area contributed by atoms with Crippen molar-refractivity contribution in [3.05, 3.63) is 0 Å². The molecule has 0 rings (SSSR count). The second-order valence-electron chi connectivity index (χ2n) is 15.8. The second-order valence-corrected chi connectivity index (χ2v) is 17.3. The minimum Gasteiger partial charge on any atom is -0.462 e. The monoisotopic (exact) mass is 807 g/mol. The minimum atomic E-state index is -4.61. The van der Waals surface area contributed by atoms with Crippen molar-refractivity contribution in [2.45, 2.75) is 244 Å². The third-order valence-corrected chi connectivity index (χ3v) is 11.2. The Bertz CT molecular complexity index is 889. The summed E-state index contributed by atoms with van der Waals surface area (Å²) in [5.41, 5.74) is 0. The molecule has 0 aromatic rings. The average molecular weight is 807 g/mol. The van der Waals surface area contributed by atoms with E-state index in [-0.39, 0.29) is 19.4 Å². The average Bonchev–Trinajstić information content (AvgIpc) is 3.17. The van der Waals surface area contributed by atoms with Gasteiger partial charge in [-0.05, 0) is 12.8 Å². The number of phosphoric ester groups is 1. The van der Waals surface area contributed by atoms with Crippen molar-refractivity contribution in [3.8, 4) is 0 Å². The van der Waals surface area contributed by atoms with E-state index in [0.717, 1.165) is 38.5 Å². The molecule has 0 fully saturated rings. The van der Waals surface area contributed by atoms with Crippen LogP contribution in [0.2, 0.25) is 0 Å². The van der Waals surface area contributed by atoms with E-state index in [1.54, 1.807) is 0 Å². The van der Waals surface area contributed by atoms with Gasteiger partial charge in [-0.2, -0.15) is 0 Å². The summed E-state index contributed by atoms with van der Waals surface area (Å²) in [4.78, 5) is 34.9. The summed E-state index contributed by atoms with van der Waals surface area (Å²) in [5, 5.41) is 18.3. The number of hydrogen-bond acceptors (Lipinski definition) is 9. The van der Waals surface area contributed by atoms with Gasteiger partial charge < -0.3 is 24.6 Å². The Morgan fingerprint density at radius 3 is 1.13 bits per heavy atom. The van der Waals surface area contributed by atoms with Gasteiger partial charge in [-0.3, -0.25) is 18.6 Å². The zero-order chi connectivity index (χ0) is 40.5. The maximum absolute atomic E-state index is 12.6. The van der Waals surface area contributed by atoms with Gasteiger partial charge in [0.15, 0.2) is 6.10 Å². The first-order valence-electron chi connectivity index (χ1n) is 23.0. The lowest BCUT2D eigenvalue weighted by Gasteiger charge is -2.20. The Morgan fingerprint density at radius 2 is 0.782 bits per heavy atom. The molecule has 0 heterocycles. The topological polar surface area (TPSA) is 149 Å². The van der Waals surface area contributed by atoms with Crippen LogP contribution >= 0.6 is 7.82 Å². The molecule has 0 aliphatic carbocycles. The van der Waals surface area contributed by atoms with Crippen molar-refractivity contribution >= 4 is 19.8 Å². The fourth-order valence-corrected chi connectivity index (χ4v) is 7.49. The van der Waals surface area contributed by atoms with Gasteiger partial charge in [-0.25, -0.2) is 4.57 Å². The summed E-state index contributed by atoms with van der Waals surface area (Å²) in [7, 11) is -4.61. The summed E-state index contributed by atoms with van der Waals surface area (Å²) in [6, 6.07) is 0. The Labute approximate surface area is 337 Å². The molecule has 55 heavy (non-hydrogen) atoms. The molecule has 0 saturated carbocycles. The highest BCUT2D eigenvalue weighted by molar-refractivity contribution is 7.47. The van der Waals surface area contributed by atoms with Crippen LogP contribution < -0.4 is 0 Å². The summed E-state index contributed by atoms with van der Waals surface area (Å²) in [6.45, 7) is 2.40. The standard InChI is InChI=1S/C44H87O10P/c1-3-5-7-9-11-13-14-15-16-17-18-19-20-21-22-23-24-25-26-28-30-32-34-36-44(48)54-42(40-53-55(49,50)52-38-41(46)37-45)39-51-43(47)35-33-31-29-27-12-10-8-6-4-2/h41-42,45-46H,3-40H2,1-2H3,(H,49,50). The number of phosphoric acid groups is 1.